The van der Waals surface area contributed by atoms with Crippen molar-refractivity contribution in [2.75, 3.05) is 50.4 Å². The quantitative estimate of drug-likeness (QED) is 0.203. The van der Waals surface area contributed by atoms with E-state index in [-0.39, 0.29) is 17.2 Å². The van der Waals surface area contributed by atoms with Gasteiger partial charge in [-0.25, -0.2) is 9.97 Å². The SMILES string of the molecule is Cc1nc2cc(C(=O)NCCN3CCOCC3)ccn2c1-c1csc(C2(c3ccc(C(=O)Nc4ccccc4N)cc3)CC2)n1. The van der Waals surface area contributed by atoms with Crippen LogP contribution in [-0.2, 0) is 10.2 Å². The molecule has 10 nitrogen and oxygen atoms in total. The van der Waals surface area contributed by atoms with Crippen LogP contribution in [0.3, 0.4) is 0 Å². The minimum absolute atomic E-state index is 0.104. The van der Waals surface area contributed by atoms with Gasteiger partial charge < -0.3 is 21.1 Å². The van der Waals surface area contributed by atoms with Gasteiger partial charge in [0.05, 0.1) is 36.0 Å². The third kappa shape index (κ3) is 5.82. The molecule has 3 aromatic heterocycles. The highest BCUT2D eigenvalue weighted by atomic mass is 32.1. The molecular formula is C34H35N7O3S. The van der Waals surface area contributed by atoms with Crippen molar-refractivity contribution in [1.29, 1.82) is 0 Å². The van der Waals surface area contributed by atoms with E-state index in [1.54, 1.807) is 23.5 Å². The number of aromatic nitrogens is 3. The third-order valence-electron chi connectivity index (χ3n) is 8.69. The summed E-state index contributed by atoms with van der Waals surface area (Å²) in [5.41, 5.74) is 12.6. The summed E-state index contributed by atoms with van der Waals surface area (Å²) in [6, 6.07) is 18.7. The van der Waals surface area contributed by atoms with Gasteiger partial charge in [0.25, 0.3) is 11.8 Å². The largest absolute Gasteiger partial charge is 0.397 e. The van der Waals surface area contributed by atoms with Crippen molar-refractivity contribution >= 4 is 40.2 Å². The zero-order valence-electron chi connectivity index (χ0n) is 25.1. The van der Waals surface area contributed by atoms with Gasteiger partial charge in [-0.05, 0) is 61.7 Å². The monoisotopic (exact) mass is 621 g/mol. The number of imidazole rings is 1. The van der Waals surface area contributed by atoms with E-state index in [0.29, 0.717) is 34.7 Å². The molecule has 2 fully saturated rings. The molecule has 7 rings (SSSR count). The highest BCUT2D eigenvalue weighted by Crippen LogP contribution is 2.54. The Balaban J connectivity index is 1.05. The van der Waals surface area contributed by atoms with E-state index in [9.17, 15) is 9.59 Å². The number of ether oxygens (including phenoxy) is 1. The van der Waals surface area contributed by atoms with Crippen LogP contribution in [0.15, 0.2) is 72.2 Å². The van der Waals surface area contributed by atoms with Crippen molar-refractivity contribution in [3.63, 3.8) is 0 Å². The van der Waals surface area contributed by atoms with Gasteiger partial charge in [0.15, 0.2) is 0 Å². The van der Waals surface area contributed by atoms with Crippen LogP contribution in [-0.4, -0.2) is 70.5 Å². The number of nitrogen functional groups attached to an aromatic ring is 1. The van der Waals surface area contributed by atoms with Crippen LogP contribution in [0.2, 0.25) is 0 Å². The maximum absolute atomic E-state index is 12.9. The fourth-order valence-electron chi connectivity index (χ4n) is 5.97. The molecule has 45 heavy (non-hydrogen) atoms. The molecule has 230 valence electrons. The molecule has 0 radical (unpaired) electrons. The maximum atomic E-state index is 12.9. The number of anilines is 2. The number of nitrogens with zero attached hydrogens (tertiary/aromatic N) is 4. The van der Waals surface area contributed by atoms with Gasteiger partial charge in [0.1, 0.15) is 16.3 Å². The molecule has 2 aromatic carbocycles. The van der Waals surface area contributed by atoms with Gasteiger partial charge in [0.2, 0.25) is 0 Å². The molecular weight excluding hydrogens is 586 g/mol. The molecule has 11 heteroatoms. The van der Waals surface area contributed by atoms with E-state index in [0.717, 1.165) is 73.3 Å². The summed E-state index contributed by atoms with van der Waals surface area (Å²) in [6.07, 6.45) is 3.91. The standard InChI is InChI=1S/C34H35N7O3S/c1-22-30(41-14-10-24(20-29(41)37-22)31(42)36-13-15-40-16-18-44-19-17-40)28-21-45-33(39-28)34(11-12-34)25-8-6-23(7-9-25)32(43)38-27-5-3-2-4-26(27)35/h2-10,14,20-21H,11-13,15-19,35H2,1H3,(H,36,42)(H,38,43). The summed E-state index contributed by atoms with van der Waals surface area (Å²) in [4.78, 5) is 37.9. The fraction of sp³-hybridized carbons (Fsp3) is 0.294. The molecule has 0 atom stereocenters. The van der Waals surface area contributed by atoms with Gasteiger partial charge >= 0.3 is 0 Å². The number of benzene rings is 2. The van der Waals surface area contributed by atoms with Crippen LogP contribution in [0.1, 0.15) is 49.8 Å². The lowest BCUT2D eigenvalue weighted by atomic mass is 9.95. The lowest BCUT2D eigenvalue weighted by Gasteiger charge is -2.26. The predicted molar refractivity (Wildman–Crippen MR) is 176 cm³/mol. The van der Waals surface area contributed by atoms with Crippen molar-refractivity contribution in [2.45, 2.75) is 25.2 Å². The van der Waals surface area contributed by atoms with Gasteiger partial charge in [-0.2, -0.15) is 0 Å². The minimum Gasteiger partial charge on any atom is -0.397 e. The molecule has 0 unspecified atom stereocenters. The number of thiazole rings is 1. The van der Waals surface area contributed by atoms with Crippen LogP contribution < -0.4 is 16.4 Å². The lowest BCUT2D eigenvalue weighted by molar-refractivity contribution is 0.0383. The Kier molecular flexibility index (Phi) is 7.82. The molecule has 4 N–H and O–H groups in total. The summed E-state index contributed by atoms with van der Waals surface area (Å²) in [6.45, 7) is 6.65. The number of rotatable bonds is 9. The minimum atomic E-state index is -0.197. The number of hydrogen-bond donors (Lipinski definition) is 3. The number of nitrogens with two attached hydrogens (primary N) is 1. The zero-order chi connectivity index (χ0) is 31.0. The summed E-state index contributed by atoms with van der Waals surface area (Å²) in [7, 11) is 0. The summed E-state index contributed by atoms with van der Waals surface area (Å²) in [5, 5.41) is 9.06. The number of para-hydroxylation sites is 2. The second-order valence-electron chi connectivity index (χ2n) is 11.6. The number of nitrogens with one attached hydrogen (secondary N) is 2. The van der Waals surface area contributed by atoms with E-state index in [1.165, 1.54) is 0 Å². The highest BCUT2D eigenvalue weighted by Gasteiger charge is 2.48. The van der Waals surface area contributed by atoms with Crippen molar-refractivity contribution in [3.05, 3.63) is 99.6 Å². The summed E-state index contributed by atoms with van der Waals surface area (Å²) in [5.74, 6) is -0.301. The van der Waals surface area contributed by atoms with Crippen LogP contribution in [0.4, 0.5) is 11.4 Å². The number of carbonyl (C=O) groups excluding carboxylic acids is 2. The topological polar surface area (TPSA) is 127 Å². The first-order valence-electron chi connectivity index (χ1n) is 15.2. The van der Waals surface area contributed by atoms with E-state index in [4.69, 9.17) is 20.4 Å². The van der Waals surface area contributed by atoms with Crippen LogP contribution >= 0.6 is 11.3 Å². The molecule has 4 heterocycles. The smallest absolute Gasteiger partial charge is 0.255 e. The summed E-state index contributed by atoms with van der Waals surface area (Å²) < 4.78 is 7.40. The maximum Gasteiger partial charge on any atom is 0.255 e. The first-order chi connectivity index (χ1) is 21.9. The molecule has 2 amide bonds. The van der Waals surface area contributed by atoms with Gasteiger partial charge in [-0.15, -0.1) is 11.3 Å². The van der Waals surface area contributed by atoms with Gasteiger partial charge in [-0.3, -0.25) is 18.9 Å². The molecule has 1 aliphatic heterocycles. The fourth-order valence-corrected chi connectivity index (χ4v) is 7.05. The Bertz CT molecular complexity index is 1870. The molecule has 0 spiro atoms. The molecule has 1 saturated carbocycles. The van der Waals surface area contributed by atoms with Crippen LogP contribution in [0.5, 0.6) is 0 Å². The average Bonchev–Trinajstić information content (AvgIpc) is 3.60. The van der Waals surface area contributed by atoms with E-state index in [1.807, 2.05) is 66.1 Å². The molecule has 1 saturated heterocycles. The number of pyridine rings is 1. The van der Waals surface area contributed by atoms with Gasteiger partial charge in [-0.1, -0.05) is 24.3 Å². The number of fused-ring (bicyclic) bond motifs is 1. The Hall–Kier alpha value is -4.58. The molecule has 5 aromatic rings. The van der Waals surface area contributed by atoms with E-state index < -0.39 is 0 Å². The number of hydrogen-bond acceptors (Lipinski definition) is 8. The second kappa shape index (κ2) is 12.1. The number of morpholine rings is 1. The Labute approximate surface area is 265 Å². The van der Waals surface area contributed by atoms with E-state index >= 15 is 0 Å². The summed E-state index contributed by atoms with van der Waals surface area (Å²) >= 11 is 1.65. The number of amides is 2. The van der Waals surface area contributed by atoms with Crippen molar-refractivity contribution in [2.24, 2.45) is 0 Å². The average molecular weight is 622 g/mol. The Morgan fingerprint density at radius 3 is 2.53 bits per heavy atom. The normalized spacial score (nSPS) is 16.0. The zero-order valence-corrected chi connectivity index (χ0v) is 25.9. The molecule has 2 aliphatic rings. The molecule has 1 aliphatic carbocycles. The van der Waals surface area contributed by atoms with E-state index in [2.05, 4.69) is 20.9 Å². The second-order valence-corrected chi connectivity index (χ2v) is 12.5. The highest BCUT2D eigenvalue weighted by molar-refractivity contribution is 7.10. The van der Waals surface area contributed by atoms with Crippen molar-refractivity contribution in [3.8, 4) is 11.4 Å². The molecule has 0 bridgehead atoms. The lowest BCUT2D eigenvalue weighted by Crippen LogP contribution is -2.41. The van der Waals surface area contributed by atoms with Crippen LogP contribution in [0, 0.1) is 6.92 Å². The van der Waals surface area contributed by atoms with Crippen molar-refractivity contribution in [1.82, 2.24) is 24.6 Å². The predicted octanol–water partition coefficient (Wildman–Crippen LogP) is 4.74. The number of aryl methyl sites for hydroxylation is 1. The Morgan fingerprint density at radius 2 is 1.78 bits per heavy atom. The number of carbonyl (C=O) groups is 2. The first-order valence-corrected chi connectivity index (χ1v) is 16.1. The third-order valence-corrected chi connectivity index (χ3v) is 9.74. The van der Waals surface area contributed by atoms with Crippen LogP contribution in [0.25, 0.3) is 17.0 Å². The Morgan fingerprint density at radius 1 is 1.00 bits per heavy atom. The first kappa shape index (κ1) is 29.1. The van der Waals surface area contributed by atoms with Crippen molar-refractivity contribution < 1.29 is 14.3 Å². The van der Waals surface area contributed by atoms with Gasteiger partial charge in [0, 0.05) is 54.3 Å².